The van der Waals surface area contributed by atoms with Crippen molar-refractivity contribution >= 4 is 32.4 Å². The van der Waals surface area contributed by atoms with Crippen LogP contribution in [0, 0.1) is 5.92 Å². The number of hydrogen-bond acceptors (Lipinski definition) is 3. The van der Waals surface area contributed by atoms with Crippen molar-refractivity contribution in [3.05, 3.63) is 0 Å². The van der Waals surface area contributed by atoms with Gasteiger partial charge in [-0.1, -0.05) is 22.6 Å². The third-order valence-electron chi connectivity index (χ3n) is 3.24. The molecule has 3 heterocycles. The average molecular weight is 300 g/mol. The van der Waals surface area contributed by atoms with E-state index in [9.17, 15) is 8.42 Å². The van der Waals surface area contributed by atoms with E-state index in [1.54, 1.807) is 0 Å². The summed E-state index contributed by atoms with van der Waals surface area (Å²) < 4.78 is 29.1. The number of fused-ring (bicyclic) bond motifs is 1. The number of rotatable bonds is 0. The highest BCUT2D eigenvalue weighted by Gasteiger charge is 2.63. The Morgan fingerprint density at radius 3 is 2.75 bits per heavy atom. The van der Waals surface area contributed by atoms with E-state index in [4.69, 9.17) is 4.74 Å². The first kappa shape index (κ1) is 7.99. The Labute approximate surface area is 84.9 Å². The summed E-state index contributed by atoms with van der Waals surface area (Å²) in [6, 6.07) is 0. The molecule has 5 unspecified atom stereocenters. The maximum Gasteiger partial charge on any atom is 0.156 e. The van der Waals surface area contributed by atoms with Crippen molar-refractivity contribution in [3.63, 3.8) is 0 Å². The summed E-state index contributed by atoms with van der Waals surface area (Å²) in [5.74, 6) is 0.659. The zero-order chi connectivity index (χ0) is 8.51. The molecule has 0 aliphatic carbocycles. The van der Waals surface area contributed by atoms with Gasteiger partial charge in [0.1, 0.15) is 0 Å². The van der Waals surface area contributed by atoms with Crippen LogP contribution < -0.4 is 0 Å². The number of halogens is 1. The summed E-state index contributed by atoms with van der Waals surface area (Å²) in [7, 11) is -2.79. The smallest absolute Gasteiger partial charge is 0.156 e. The van der Waals surface area contributed by atoms with E-state index in [-0.39, 0.29) is 17.5 Å². The summed E-state index contributed by atoms with van der Waals surface area (Å²) >= 11 is 2.34. The van der Waals surface area contributed by atoms with Gasteiger partial charge in [0.2, 0.25) is 0 Å². The molecule has 0 spiro atoms. The van der Waals surface area contributed by atoms with Crippen molar-refractivity contribution in [3.8, 4) is 0 Å². The minimum Gasteiger partial charge on any atom is -0.372 e. The lowest BCUT2D eigenvalue weighted by molar-refractivity contribution is 0.0999. The molecule has 3 fully saturated rings. The van der Waals surface area contributed by atoms with Gasteiger partial charge in [0.05, 0.1) is 23.2 Å². The topological polar surface area (TPSA) is 43.4 Å². The van der Waals surface area contributed by atoms with Crippen molar-refractivity contribution in [1.82, 2.24) is 0 Å². The molecule has 0 amide bonds. The molecule has 3 aliphatic rings. The van der Waals surface area contributed by atoms with Gasteiger partial charge in [0.25, 0.3) is 0 Å². The highest BCUT2D eigenvalue weighted by molar-refractivity contribution is 14.1. The molecule has 3 nitrogen and oxygen atoms in total. The SMILES string of the molecule is O=S1(=O)CC2C(I)C3CC1C2O3. The third kappa shape index (κ3) is 0.778. The first-order valence-electron chi connectivity index (χ1n) is 4.11. The van der Waals surface area contributed by atoms with E-state index in [0.717, 1.165) is 6.42 Å². The van der Waals surface area contributed by atoms with Crippen LogP contribution in [0.2, 0.25) is 0 Å². The normalized spacial score (nSPS) is 59.6. The van der Waals surface area contributed by atoms with E-state index in [1.165, 1.54) is 0 Å². The van der Waals surface area contributed by atoms with Gasteiger partial charge in [-0.05, 0) is 6.42 Å². The predicted molar refractivity (Wildman–Crippen MR) is 52.2 cm³/mol. The van der Waals surface area contributed by atoms with Crippen LogP contribution in [0.5, 0.6) is 0 Å². The zero-order valence-electron chi connectivity index (χ0n) is 6.31. The molecule has 68 valence electrons. The molecule has 0 aromatic carbocycles. The van der Waals surface area contributed by atoms with Crippen LogP contribution in [0.3, 0.4) is 0 Å². The molecule has 3 rings (SSSR count). The molecule has 3 saturated heterocycles. The number of sulfone groups is 1. The fourth-order valence-electron chi connectivity index (χ4n) is 2.68. The Bertz CT molecular complexity index is 326. The standard InChI is InChI=1S/C7H9IO3S/c8-6-3-2-12(9,10)5-1-4(6)11-7(3)5/h3-7H,1-2H2. The van der Waals surface area contributed by atoms with Crippen LogP contribution in [0.4, 0.5) is 0 Å². The van der Waals surface area contributed by atoms with E-state index < -0.39 is 9.84 Å². The van der Waals surface area contributed by atoms with Crippen LogP contribution in [0.15, 0.2) is 0 Å². The first-order valence-corrected chi connectivity index (χ1v) is 7.07. The van der Waals surface area contributed by atoms with Gasteiger partial charge >= 0.3 is 0 Å². The van der Waals surface area contributed by atoms with Gasteiger partial charge in [-0.3, -0.25) is 0 Å². The highest BCUT2D eigenvalue weighted by Crippen LogP contribution is 2.51. The third-order valence-corrected chi connectivity index (χ3v) is 7.19. The van der Waals surface area contributed by atoms with Crippen LogP contribution >= 0.6 is 22.6 Å². The van der Waals surface area contributed by atoms with Crippen molar-refractivity contribution in [1.29, 1.82) is 0 Å². The van der Waals surface area contributed by atoms with Crippen LogP contribution in [0.1, 0.15) is 6.42 Å². The Morgan fingerprint density at radius 1 is 1.42 bits per heavy atom. The van der Waals surface area contributed by atoms with E-state index >= 15 is 0 Å². The van der Waals surface area contributed by atoms with Gasteiger partial charge in [-0.2, -0.15) is 0 Å². The molecule has 2 bridgehead atoms. The highest BCUT2D eigenvalue weighted by atomic mass is 127. The van der Waals surface area contributed by atoms with E-state index in [0.29, 0.717) is 15.6 Å². The second-order valence-corrected chi connectivity index (χ2v) is 7.55. The van der Waals surface area contributed by atoms with Gasteiger partial charge in [0, 0.05) is 9.84 Å². The Morgan fingerprint density at radius 2 is 2.17 bits per heavy atom. The van der Waals surface area contributed by atoms with Gasteiger partial charge in [0.15, 0.2) is 9.84 Å². The molecular weight excluding hydrogens is 291 g/mol. The van der Waals surface area contributed by atoms with Crippen molar-refractivity contribution in [2.45, 2.75) is 27.8 Å². The quantitative estimate of drug-likeness (QED) is 0.480. The number of alkyl halides is 1. The largest absolute Gasteiger partial charge is 0.372 e. The Balaban J connectivity index is 2.11. The summed E-state index contributed by atoms with van der Waals surface area (Å²) in [5.41, 5.74) is 0. The minimum atomic E-state index is -2.79. The predicted octanol–water partition coefficient (Wildman–Crippen LogP) is 0.374. The van der Waals surface area contributed by atoms with Gasteiger partial charge in [-0.25, -0.2) is 8.42 Å². The molecule has 5 atom stereocenters. The lowest BCUT2D eigenvalue weighted by Gasteiger charge is -2.16. The molecule has 0 aromatic heterocycles. The second kappa shape index (κ2) is 2.17. The first-order chi connectivity index (χ1) is 5.59. The summed E-state index contributed by atoms with van der Waals surface area (Å²) in [5, 5.41) is -0.154. The summed E-state index contributed by atoms with van der Waals surface area (Å²) in [6.07, 6.45) is 1.02. The van der Waals surface area contributed by atoms with Crippen molar-refractivity contribution in [2.24, 2.45) is 5.92 Å². The molecule has 5 heteroatoms. The van der Waals surface area contributed by atoms with Gasteiger partial charge in [-0.15, -0.1) is 0 Å². The summed E-state index contributed by atoms with van der Waals surface area (Å²) in [6.45, 7) is 0. The van der Waals surface area contributed by atoms with E-state index in [2.05, 4.69) is 22.6 Å². The number of hydrogen-bond donors (Lipinski definition) is 0. The molecular formula is C7H9IO3S. The monoisotopic (exact) mass is 300 g/mol. The maximum absolute atomic E-state index is 11.5. The average Bonchev–Trinajstić information content (AvgIpc) is 2.54. The summed E-state index contributed by atoms with van der Waals surface area (Å²) in [4.78, 5) is 0. The minimum absolute atomic E-state index is 0.0434. The molecule has 0 aromatic rings. The lowest BCUT2D eigenvalue weighted by Crippen LogP contribution is -2.30. The fraction of sp³-hybridized carbons (Fsp3) is 1.00. The van der Waals surface area contributed by atoms with Crippen molar-refractivity contribution in [2.75, 3.05) is 5.75 Å². The Kier molecular flexibility index (Phi) is 1.45. The van der Waals surface area contributed by atoms with Crippen LogP contribution in [-0.2, 0) is 14.6 Å². The Hall–Kier alpha value is 0.640. The molecule has 0 radical (unpaired) electrons. The fourth-order valence-corrected chi connectivity index (χ4v) is 6.49. The molecule has 3 aliphatic heterocycles. The second-order valence-electron chi connectivity index (χ2n) is 3.85. The molecule has 12 heavy (non-hydrogen) atoms. The van der Waals surface area contributed by atoms with E-state index in [1.807, 2.05) is 0 Å². The van der Waals surface area contributed by atoms with Crippen LogP contribution in [0.25, 0.3) is 0 Å². The molecule has 0 N–H and O–H groups in total. The zero-order valence-corrected chi connectivity index (χ0v) is 9.29. The van der Waals surface area contributed by atoms with Gasteiger partial charge < -0.3 is 4.74 Å². The number of ether oxygens (including phenoxy) is 1. The van der Waals surface area contributed by atoms with Crippen molar-refractivity contribution < 1.29 is 13.2 Å². The maximum atomic E-state index is 11.5. The van der Waals surface area contributed by atoms with Crippen LogP contribution in [-0.4, -0.2) is 35.6 Å². The molecule has 0 saturated carbocycles. The lowest BCUT2D eigenvalue weighted by atomic mass is 9.91.